The second kappa shape index (κ2) is 17.1. The molecule has 1 unspecified atom stereocenters. The standard InChI is InChI=1S/C48H48N6O5/c1-6-18-41-49-42(33(2)55)43(44(56)58-32-59-45(57)46(3,4)5)54(41)31-34-27-29-35(30-28-34)39-25-16-17-26-40(39)48(50-52-53-51-48)47(36-19-10-7-11-20-36,37-21-12-8-13-22-37)38-23-14-9-15-24-38/h7-17,19-30,33,55H,6,18,31-32H2,1-5H3. The molecule has 0 spiro atoms. The lowest BCUT2D eigenvalue weighted by atomic mass is 9.59. The van der Waals surface area contributed by atoms with E-state index in [9.17, 15) is 14.7 Å². The number of aryl methyl sites for hydroxylation is 1. The lowest BCUT2D eigenvalue weighted by Gasteiger charge is -2.45. The second-order valence-electron chi connectivity index (χ2n) is 15.6. The molecule has 1 atom stereocenters. The maximum absolute atomic E-state index is 13.6. The molecule has 5 aromatic carbocycles. The first-order valence-corrected chi connectivity index (χ1v) is 19.8. The molecule has 1 aliphatic rings. The zero-order valence-electron chi connectivity index (χ0n) is 33.9. The summed E-state index contributed by atoms with van der Waals surface area (Å²) in [6.07, 6.45) is 0.281. The van der Waals surface area contributed by atoms with Crippen molar-refractivity contribution >= 4 is 11.9 Å². The van der Waals surface area contributed by atoms with Crippen LogP contribution < -0.4 is 0 Å². The van der Waals surface area contributed by atoms with E-state index in [-0.39, 0.29) is 17.9 Å². The summed E-state index contributed by atoms with van der Waals surface area (Å²) in [4.78, 5) is 30.7. The Balaban J connectivity index is 1.31. The van der Waals surface area contributed by atoms with Crippen LogP contribution in [0, 0.1) is 5.41 Å². The summed E-state index contributed by atoms with van der Waals surface area (Å²) in [6, 6.07) is 47.0. The molecule has 0 saturated carbocycles. The van der Waals surface area contributed by atoms with Crippen molar-refractivity contribution in [2.45, 2.75) is 71.2 Å². The van der Waals surface area contributed by atoms with E-state index in [1.54, 1.807) is 32.3 Å². The van der Waals surface area contributed by atoms with Crippen molar-refractivity contribution < 1.29 is 24.2 Å². The third kappa shape index (κ3) is 7.73. The molecule has 1 N–H and O–H groups in total. The number of hydrogen-bond acceptors (Lipinski definition) is 10. The van der Waals surface area contributed by atoms with Crippen molar-refractivity contribution in [3.05, 3.63) is 185 Å². The van der Waals surface area contributed by atoms with Gasteiger partial charge in [0.25, 0.3) is 0 Å². The quantitative estimate of drug-likeness (QED) is 0.0662. The maximum atomic E-state index is 13.6. The van der Waals surface area contributed by atoms with Gasteiger partial charge in [-0.3, -0.25) is 4.79 Å². The predicted octanol–water partition coefficient (Wildman–Crippen LogP) is 10.3. The van der Waals surface area contributed by atoms with Gasteiger partial charge in [0.15, 0.2) is 5.69 Å². The van der Waals surface area contributed by atoms with E-state index < -0.39 is 41.3 Å². The number of carbonyl (C=O) groups excluding carboxylic acids is 2. The Morgan fingerprint density at radius 1 is 0.729 bits per heavy atom. The highest BCUT2D eigenvalue weighted by Crippen LogP contribution is 2.58. The molecule has 0 aliphatic carbocycles. The zero-order chi connectivity index (χ0) is 41.6. The molecule has 6 aromatic rings. The minimum absolute atomic E-state index is 0.114. The first-order chi connectivity index (χ1) is 28.5. The summed E-state index contributed by atoms with van der Waals surface area (Å²) in [5.41, 5.74) is 3.63. The van der Waals surface area contributed by atoms with Crippen molar-refractivity contribution in [1.82, 2.24) is 9.55 Å². The molecule has 11 heteroatoms. The van der Waals surface area contributed by atoms with Gasteiger partial charge in [-0.15, -0.1) is 10.2 Å². The fourth-order valence-corrected chi connectivity index (χ4v) is 7.86. The van der Waals surface area contributed by atoms with Crippen LogP contribution in [0.3, 0.4) is 0 Å². The molecule has 0 amide bonds. The van der Waals surface area contributed by atoms with Crippen LogP contribution in [0.4, 0.5) is 0 Å². The van der Waals surface area contributed by atoms with Gasteiger partial charge in [-0.1, -0.05) is 146 Å². The number of benzene rings is 5. The minimum atomic E-state index is -1.36. The number of carbonyl (C=O) groups is 2. The van der Waals surface area contributed by atoms with Crippen LogP contribution in [-0.4, -0.2) is 33.4 Å². The van der Waals surface area contributed by atoms with Crippen LogP contribution in [0.5, 0.6) is 0 Å². The first kappa shape index (κ1) is 40.6. The minimum Gasteiger partial charge on any atom is -0.427 e. The Bertz CT molecular complexity index is 2350. The second-order valence-corrected chi connectivity index (χ2v) is 15.6. The number of rotatable bonds is 14. The van der Waals surface area contributed by atoms with Crippen molar-refractivity contribution in [2.24, 2.45) is 26.1 Å². The van der Waals surface area contributed by atoms with Crippen molar-refractivity contribution in [2.75, 3.05) is 6.79 Å². The van der Waals surface area contributed by atoms with Crippen LogP contribution in [-0.2, 0) is 38.3 Å². The summed E-state index contributed by atoms with van der Waals surface area (Å²) in [5.74, 6) is -0.611. The number of aliphatic hydroxyl groups excluding tert-OH is 1. The van der Waals surface area contributed by atoms with Gasteiger partial charge in [-0.25, -0.2) is 9.78 Å². The van der Waals surface area contributed by atoms with Gasteiger partial charge < -0.3 is 19.1 Å². The van der Waals surface area contributed by atoms with E-state index >= 15 is 0 Å². The van der Waals surface area contributed by atoms with E-state index in [2.05, 4.69) is 52.9 Å². The SMILES string of the molecule is CCCc1nc(C(C)O)c(C(=O)OCOC(=O)C(C)(C)C)n1Cc1ccc(-c2ccccc2C2(C(c3ccccc3)(c3ccccc3)c3ccccc3)N=NN=N2)cc1. The van der Waals surface area contributed by atoms with Gasteiger partial charge >= 0.3 is 11.9 Å². The molecule has 1 aromatic heterocycles. The van der Waals surface area contributed by atoms with Crippen molar-refractivity contribution in [1.29, 1.82) is 0 Å². The molecule has 59 heavy (non-hydrogen) atoms. The highest BCUT2D eigenvalue weighted by Gasteiger charge is 2.60. The van der Waals surface area contributed by atoms with Crippen LogP contribution in [0.1, 0.15) is 97.0 Å². The van der Waals surface area contributed by atoms with Gasteiger partial charge in [-0.2, -0.15) is 0 Å². The molecule has 7 rings (SSSR count). The third-order valence-electron chi connectivity index (χ3n) is 10.6. The molecule has 0 saturated heterocycles. The maximum Gasteiger partial charge on any atom is 0.359 e. The Labute approximate surface area is 344 Å². The lowest BCUT2D eigenvalue weighted by molar-refractivity contribution is -0.161. The predicted molar refractivity (Wildman–Crippen MR) is 224 cm³/mol. The summed E-state index contributed by atoms with van der Waals surface area (Å²) in [5, 5.41) is 29.2. The monoisotopic (exact) mass is 788 g/mol. The van der Waals surface area contributed by atoms with E-state index in [4.69, 9.17) is 24.7 Å². The summed E-state index contributed by atoms with van der Waals surface area (Å²) < 4.78 is 12.4. The van der Waals surface area contributed by atoms with E-state index in [0.717, 1.165) is 45.4 Å². The summed E-state index contributed by atoms with van der Waals surface area (Å²) in [6.45, 7) is 8.45. The lowest BCUT2D eigenvalue weighted by Crippen LogP contribution is -2.48. The van der Waals surface area contributed by atoms with Crippen LogP contribution in [0.15, 0.2) is 160 Å². The van der Waals surface area contributed by atoms with Crippen LogP contribution in [0.25, 0.3) is 11.1 Å². The van der Waals surface area contributed by atoms with Gasteiger partial charge in [0.1, 0.15) is 11.5 Å². The van der Waals surface area contributed by atoms with E-state index in [1.165, 1.54) is 0 Å². The summed E-state index contributed by atoms with van der Waals surface area (Å²) >= 11 is 0. The number of imidazole rings is 1. The Morgan fingerprint density at radius 2 is 1.25 bits per heavy atom. The largest absolute Gasteiger partial charge is 0.427 e. The van der Waals surface area contributed by atoms with E-state index in [1.807, 2.05) is 104 Å². The molecular formula is C48H48N6O5. The highest BCUT2D eigenvalue weighted by atomic mass is 16.7. The number of ether oxygens (including phenoxy) is 2. The molecule has 0 fully saturated rings. The number of hydrogen-bond donors (Lipinski definition) is 1. The molecule has 0 radical (unpaired) electrons. The molecular weight excluding hydrogens is 741 g/mol. The average Bonchev–Trinajstić information content (AvgIpc) is 3.89. The Hall–Kier alpha value is -6.59. The van der Waals surface area contributed by atoms with Crippen LogP contribution in [0.2, 0.25) is 0 Å². The molecule has 0 bridgehead atoms. The number of aromatic nitrogens is 2. The topological polar surface area (TPSA) is 140 Å². The van der Waals surface area contributed by atoms with Crippen molar-refractivity contribution in [3.63, 3.8) is 0 Å². The normalized spacial score (nSPS) is 13.9. The first-order valence-electron chi connectivity index (χ1n) is 19.8. The highest BCUT2D eigenvalue weighted by molar-refractivity contribution is 5.89. The van der Waals surface area contributed by atoms with Gasteiger partial charge in [0.2, 0.25) is 12.5 Å². The Kier molecular flexibility index (Phi) is 11.8. The summed E-state index contributed by atoms with van der Waals surface area (Å²) in [7, 11) is 0. The molecule has 2 heterocycles. The fourth-order valence-electron chi connectivity index (χ4n) is 7.86. The molecule has 1 aliphatic heterocycles. The van der Waals surface area contributed by atoms with Crippen LogP contribution >= 0.6 is 0 Å². The Morgan fingerprint density at radius 3 is 1.76 bits per heavy atom. The van der Waals surface area contributed by atoms with Crippen molar-refractivity contribution in [3.8, 4) is 11.1 Å². The van der Waals surface area contributed by atoms with Gasteiger partial charge in [0.05, 0.1) is 16.9 Å². The van der Waals surface area contributed by atoms with Gasteiger partial charge in [-0.05, 0) is 77.9 Å². The number of esters is 2. The third-order valence-corrected chi connectivity index (χ3v) is 10.6. The number of nitrogens with zero attached hydrogens (tertiary/aromatic N) is 6. The zero-order valence-corrected chi connectivity index (χ0v) is 33.9. The number of aliphatic hydroxyl groups is 1. The average molecular weight is 789 g/mol. The fraction of sp³-hybridized carbons (Fsp3) is 0.271. The molecule has 11 nitrogen and oxygen atoms in total. The smallest absolute Gasteiger partial charge is 0.359 e. The van der Waals surface area contributed by atoms with Gasteiger partial charge in [0, 0.05) is 18.5 Å². The van der Waals surface area contributed by atoms with E-state index in [0.29, 0.717) is 12.2 Å². The molecule has 300 valence electrons.